The number of phenols is 1. The maximum atomic E-state index is 12.5. The van der Waals surface area contributed by atoms with Gasteiger partial charge in [0.25, 0.3) is 11.8 Å². The molecule has 3 aromatic rings. The van der Waals surface area contributed by atoms with Crippen molar-refractivity contribution in [2.45, 2.75) is 6.61 Å². The molecular weight excluding hydrogens is 404 g/mol. The molecule has 2 amide bonds. The number of amides is 2. The molecule has 0 saturated carbocycles. The number of aromatic hydroxyl groups is 1. The van der Waals surface area contributed by atoms with Gasteiger partial charge >= 0.3 is 0 Å². The molecule has 30 heavy (non-hydrogen) atoms. The number of benzene rings is 3. The summed E-state index contributed by atoms with van der Waals surface area (Å²) in [5, 5.41) is 15.3. The first-order valence-corrected chi connectivity index (χ1v) is 9.73. The van der Waals surface area contributed by atoms with Crippen molar-refractivity contribution in [2.24, 2.45) is 0 Å². The second-order valence-corrected chi connectivity index (χ2v) is 6.84. The van der Waals surface area contributed by atoms with Gasteiger partial charge in [-0.15, -0.1) is 0 Å². The lowest BCUT2D eigenvalue weighted by Crippen LogP contribution is -2.34. The predicted molar refractivity (Wildman–Crippen MR) is 115 cm³/mol. The van der Waals surface area contributed by atoms with E-state index < -0.39 is 0 Å². The van der Waals surface area contributed by atoms with Gasteiger partial charge in [-0.3, -0.25) is 9.59 Å². The summed E-state index contributed by atoms with van der Waals surface area (Å²) in [7, 11) is 0. The Morgan fingerprint density at radius 1 is 0.833 bits per heavy atom. The molecule has 0 heterocycles. The van der Waals surface area contributed by atoms with Crippen molar-refractivity contribution >= 4 is 23.4 Å². The van der Waals surface area contributed by atoms with Crippen LogP contribution in [0.25, 0.3) is 0 Å². The Kier molecular flexibility index (Phi) is 7.29. The largest absolute Gasteiger partial charge is 0.508 e. The molecule has 0 aliphatic rings. The number of rotatable bonds is 8. The lowest BCUT2D eigenvalue weighted by molar-refractivity contribution is 0.0925. The zero-order valence-electron chi connectivity index (χ0n) is 16.1. The van der Waals surface area contributed by atoms with Gasteiger partial charge in [0, 0.05) is 29.2 Å². The van der Waals surface area contributed by atoms with Crippen LogP contribution in [0.2, 0.25) is 5.02 Å². The van der Waals surface area contributed by atoms with Gasteiger partial charge in [0.05, 0.1) is 5.56 Å². The van der Waals surface area contributed by atoms with Gasteiger partial charge in [0.1, 0.15) is 18.1 Å². The van der Waals surface area contributed by atoms with Crippen LogP contribution in [0.4, 0.5) is 0 Å². The highest BCUT2D eigenvalue weighted by molar-refractivity contribution is 6.31. The lowest BCUT2D eigenvalue weighted by Gasteiger charge is -2.13. The average Bonchev–Trinajstić information content (AvgIpc) is 2.76. The zero-order chi connectivity index (χ0) is 21.3. The standard InChI is InChI=1S/C23H21ClN2O4/c24-20-7-3-1-5-17(20)15-30-21-8-4-2-6-19(21)23(29)26-14-13-25-22(28)16-9-11-18(27)12-10-16/h1-12,27H,13-15H2,(H,25,28)(H,26,29). The number of hydrogen-bond acceptors (Lipinski definition) is 4. The van der Waals surface area contributed by atoms with Crippen LogP contribution in [0.15, 0.2) is 72.8 Å². The van der Waals surface area contributed by atoms with Crippen LogP contribution in [0, 0.1) is 0 Å². The number of carbonyl (C=O) groups excluding carboxylic acids is 2. The number of ether oxygens (including phenoxy) is 1. The number of phenolic OH excluding ortho intramolecular Hbond substituents is 1. The third kappa shape index (κ3) is 5.75. The molecule has 3 aromatic carbocycles. The predicted octanol–water partition coefficient (Wildman–Crippen LogP) is 3.78. The van der Waals surface area contributed by atoms with Gasteiger partial charge in [-0.25, -0.2) is 0 Å². The van der Waals surface area contributed by atoms with E-state index in [2.05, 4.69) is 10.6 Å². The number of halogens is 1. The topological polar surface area (TPSA) is 87.7 Å². The maximum absolute atomic E-state index is 12.5. The van der Waals surface area contributed by atoms with E-state index in [-0.39, 0.29) is 37.3 Å². The van der Waals surface area contributed by atoms with Crippen LogP contribution in [-0.4, -0.2) is 30.0 Å². The highest BCUT2D eigenvalue weighted by atomic mass is 35.5. The Morgan fingerprint density at radius 2 is 1.47 bits per heavy atom. The van der Waals surface area contributed by atoms with E-state index in [1.807, 2.05) is 18.2 Å². The fourth-order valence-corrected chi connectivity index (χ4v) is 2.90. The van der Waals surface area contributed by atoms with Crippen LogP contribution in [-0.2, 0) is 6.61 Å². The van der Waals surface area contributed by atoms with Gasteiger partial charge in [-0.1, -0.05) is 41.9 Å². The first-order valence-electron chi connectivity index (χ1n) is 9.35. The summed E-state index contributed by atoms with van der Waals surface area (Å²) < 4.78 is 5.80. The third-order valence-electron chi connectivity index (χ3n) is 4.30. The Morgan fingerprint density at radius 3 is 2.20 bits per heavy atom. The fourth-order valence-electron chi connectivity index (χ4n) is 2.71. The summed E-state index contributed by atoms with van der Waals surface area (Å²) >= 11 is 6.15. The third-order valence-corrected chi connectivity index (χ3v) is 4.67. The number of carbonyl (C=O) groups is 2. The summed E-state index contributed by atoms with van der Waals surface area (Å²) in [5.41, 5.74) is 1.65. The average molecular weight is 425 g/mol. The first kappa shape index (κ1) is 21.2. The fraction of sp³-hybridized carbons (Fsp3) is 0.130. The smallest absolute Gasteiger partial charge is 0.255 e. The first-order chi connectivity index (χ1) is 14.5. The van der Waals surface area contributed by atoms with Crippen molar-refractivity contribution in [3.05, 3.63) is 94.5 Å². The molecular formula is C23H21ClN2O4. The maximum Gasteiger partial charge on any atom is 0.255 e. The van der Waals surface area contributed by atoms with Crippen molar-refractivity contribution in [2.75, 3.05) is 13.1 Å². The monoisotopic (exact) mass is 424 g/mol. The molecule has 154 valence electrons. The highest BCUT2D eigenvalue weighted by Crippen LogP contribution is 2.22. The number of para-hydroxylation sites is 1. The van der Waals surface area contributed by atoms with Gasteiger partial charge in [-0.05, 0) is 42.5 Å². The van der Waals surface area contributed by atoms with E-state index in [0.29, 0.717) is 21.9 Å². The van der Waals surface area contributed by atoms with E-state index in [1.165, 1.54) is 24.3 Å². The lowest BCUT2D eigenvalue weighted by atomic mass is 10.2. The normalized spacial score (nSPS) is 10.3. The van der Waals surface area contributed by atoms with Gasteiger partial charge < -0.3 is 20.5 Å². The van der Waals surface area contributed by atoms with Crippen molar-refractivity contribution in [3.8, 4) is 11.5 Å². The van der Waals surface area contributed by atoms with Crippen LogP contribution in [0.1, 0.15) is 26.3 Å². The minimum Gasteiger partial charge on any atom is -0.508 e. The summed E-state index contributed by atoms with van der Waals surface area (Å²) in [6, 6.07) is 20.2. The van der Waals surface area contributed by atoms with Gasteiger partial charge in [-0.2, -0.15) is 0 Å². The van der Waals surface area contributed by atoms with Crippen molar-refractivity contribution < 1.29 is 19.4 Å². The molecule has 0 aromatic heterocycles. The zero-order valence-corrected chi connectivity index (χ0v) is 16.9. The molecule has 0 saturated heterocycles. The van der Waals surface area contributed by atoms with Crippen LogP contribution in [0.3, 0.4) is 0 Å². The molecule has 7 heteroatoms. The quantitative estimate of drug-likeness (QED) is 0.480. The number of hydrogen-bond donors (Lipinski definition) is 3. The minimum atomic E-state index is -0.302. The molecule has 0 fully saturated rings. The molecule has 0 spiro atoms. The molecule has 0 aliphatic carbocycles. The molecule has 6 nitrogen and oxygen atoms in total. The van der Waals surface area contributed by atoms with E-state index in [1.54, 1.807) is 30.3 Å². The molecule has 0 radical (unpaired) electrons. The van der Waals surface area contributed by atoms with Crippen LogP contribution in [0.5, 0.6) is 11.5 Å². The van der Waals surface area contributed by atoms with Crippen molar-refractivity contribution in [1.82, 2.24) is 10.6 Å². The van der Waals surface area contributed by atoms with Crippen molar-refractivity contribution in [3.63, 3.8) is 0 Å². The van der Waals surface area contributed by atoms with E-state index in [0.717, 1.165) is 5.56 Å². The molecule has 3 rings (SSSR count). The van der Waals surface area contributed by atoms with Gasteiger partial charge in [0.2, 0.25) is 0 Å². The van der Waals surface area contributed by atoms with Crippen LogP contribution < -0.4 is 15.4 Å². The minimum absolute atomic E-state index is 0.0919. The molecule has 3 N–H and O–H groups in total. The molecule has 0 atom stereocenters. The van der Waals surface area contributed by atoms with Gasteiger partial charge in [0.15, 0.2) is 0 Å². The van der Waals surface area contributed by atoms with E-state index in [9.17, 15) is 14.7 Å². The van der Waals surface area contributed by atoms with E-state index in [4.69, 9.17) is 16.3 Å². The SMILES string of the molecule is O=C(NCCNC(=O)c1ccccc1OCc1ccccc1Cl)c1ccc(O)cc1. The highest BCUT2D eigenvalue weighted by Gasteiger charge is 2.12. The summed E-state index contributed by atoms with van der Waals surface area (Å²) in [6.45, 7) is 0.752. The van der Waals surface area contributed by atoms with Crippen LogP contribution >= 0.6 is 11.6 Å². The molecule has 0 unspecified atom stereocenters. The summed E-state index contributed by atoms with van der Waals surface area (Å²) in [4.78, 5) is 24.6. The Bertz CT molecular complexity index is 1020. The Hall–Kier alpha value is -3.51. The second-order valence-electron chi connectivity index (χ2n) is 6.43. The Labute approximate surface area is 179 Å². The molecule has 0 aliphatic heterocycles. The Balaban J connectivity index is 1.51. The number of nitrogens with one attached hydrogen (secondary N) is 2. The second kappa shape index (κ2) is 10.3. The van der Waals surface area contributed by atoms with E-state index >= 15 is 0 Å². The molecule has 0 bridgehead atoms. The van der Waals surface area contributed by atoms with Crippen molar-refractivity contribution in [1.29, 1.82) is 0 Å². The summed E-state index contributed by atoms with van der Waals surface area (Å²) in [6.07, 6.45) is 0. The summed E-state index contributed by atoms with van der Waals surface area (Å²) in [5.74, 6) is -0.0476.